The molecule has 1 amide bonds. The maximum atomic E-state index is 11.7. The van der Waals surface area contributed by atoms with Gasteiger partial charge in [-0.2, -0.15) is 5.26 Å². The molecule has 0 bridgehead atoms. The standard InChI is InChI=1S/C14H14N2OS/c1-3-9-16(12(2)17)14(10-18-11-15)13-7-5-4-6-8-13/h3-8,10H,1,9H2,2H3. The van der Waals surface area contributed by atoms with Gasteiger partial charge in [0.2, 0.25) is 5.91 Å². The Morgan fingerprint density at radius 2 is 2.17 bits per heavy atom. The quantitative estimate of drug-likeness (QED) is 0.601. The number of thiocyanates is 1. The third-order valence-corrected chi connectivity index (χ3v) is 2.72. The fourth-order valence-corrected chi connectivity index (χ4v) is 1.93. The monoisotopic (exact) mass is 258 g/mol. The molecule has 0 atom stereocenters. The second kappa shape index (κ2) is 7.36. The van der Waals surface area contributed by atoms with E-state index >= 15 is 0 Å². The Morgan fingerprint density at radius 1 is 1.50 bits per heavy atom. The van der Waals surface area contributed by atoms with Crippen LogP contribution >= 0.6 is 11.8 Å². The number of hydrogen-bond donors (Lipinski definition) is 0. The van der Waals surface area contributed by atoms with Crippen molar-refractivity contribution in [1.82, 2.24) is 4.90 Å². The van der Waals surface area contributed by atoms with Crippen LogP contribution in [0.15, 0.2) is 48.4 Å². The molecule has 0 heterocycles. The summed E-state index contributed by atoms with van der Waals surface area (Å²) in [6.45, 7) is 5.56. The van der Waals surface area contributed by atoms with Gasteiger partial charge in [0.1, 0.15) is 5.40 Å². The molecule has 0 N–H and O–H groups in total. The second-order valence-corrected chi connectivity index (χ2v) is 4.15. The zero-order valence-electron chi connectivity index (χ0n) is 10.2. The minimum atomic E-state index is -0.0801. The average Bonchev–Trinajstić information content (AvgIpc) is 2.39. The highest BCUT2D eigenvalue weighted by Crippen LogP contribution is 2.22. The summed E-state index contributed by atoms with van der Waals surface area (Å²) in [5, 5.41) is 12.3. The zero-order valence-corrected chi connectivity index (χ0v) is 11.0. The summed E-state index contributed by atoms with van der Waals surface area (Å²) >= 11 is 0.998. The van der Waals surface area contributed by atoms with Gasteiger partial charge in [-0.3, -0.25) is 4.79 Å². The Balaban J connectivity index is 3.16. The third-order valence-electron chi connectivity index (χ3n) is 2.28. The van der Waals surface area contributed by atoms with E-state index in [1.54, 1.807) is 16.4 Å². The molecule has 0 unspecified atom stereocenters. The number of benzene rings is 1. The molecule has 0 spiro atoms. The van der Waals surface area contributed by atoms with Crippen molar-refractivity contribution in [3.63, 3.8) is 0 Å². The molecule has 0 fully saturated rings. The van der Waals surface area contributed by atoms with Crippen LogP contribution in [-0.2, 0) is 4.79 Å². The van der Waals surface area contributed by atoms with Gasteiger partial charge in [-0.25, -0.2) is 0 Å². The summed E-state index contributed by atoms with van der Waals surface area (Å²) in [4.78, 5) is 13.2. The summed E-state index contributed by atoms with van der Waals surface area (Å²) < 4.78 is 0. The van der Waals surface area contributed by atoms with Crippen molar-refractivity contribution in [1.29, 1.82) is 5.26 Å². The number of carbonyl (C=O) groups excluding carboxylic acids is 1. The van der Waals surface area contributed by atoms with Gasteiger partial charge in [0.25, 0.3) is 0 Å². The van der Waals surface area contributed by atoms with Crippen molar-refractivity contribution in [2.45, 2.75) is 6.92 Å². The van der Waals surface area contributed by atoms with Crippen LogP contribution < -0.4 is 0 Å². The largest absolute Gasteiger partial charge is 0.308 e. The summed E-state index contributed by atoms with van der Waals surface area (Å²) in [5.74, 6) is -0.0801. The SMILES string of the molecule is C=CCN(C(C)=O)C(=CSC#N)c1ccccc1. The van der Waals surface area contributed by atoms with Crippen molar-refractivity contribution in [3.8, 4) is 5.40 Å². The van der Waals surface area contributed by atoms with Crippen molar-refractivity contribution < 1.29 is 4.79 Å². The molecule has 1 aromatic carbocycles. The number of thioether (sulfide) groups is 1. The van der Waals surface area contributed by atoms with Crippen LogP contribution in [0.25, 0.3) is 5.70 Å². The summed E-state index contributed by atoms with van der Waals surface area (Å²) in [6, 6.07) is 9.51. The Morgan fingerprint density at radius 3 is 2.67 bits per heavy atom. The van der Waals surface area contributed by atoms with E-state index in [9.17, 15) is 4.79 Å². The molecule has 3 nitrogen and oxygen atoms in total. The van der Waals surface area contributed by atoms with Crippen molar-refractivity contribution >= 4 is 23.4 Å². The lowest BCUT2D eigenvalue weighted by Crippen LogP contribution is -2.27. The predicted octanol–water partition coefficient (Wildman–Crippen LogP) is 3.23. The van der Waals surface area contributed by atoms with Crippen LogP contribution in [0.3, 0.4) is 0 Å². The predicted molar refractivity (Wildman–Crippen MR) is 75.2 cm³/mol. The van der Waals surface area contributed by atoms with Gasteiger partial charge in [0, 0.05) is 18.9 Å². The van der Waals surface area contributed by atoms with Crippen LogP contribution in [0.5, 0.6) is 0 Å². The van der Waals surface area contributed by atoms with Gasteiger partial charge in [0.15, 0.2) is 0 Å². The molecule has 0 aromatic heterocycles. The van der Waals surface area contributed by atoms with Gasteiger partial charge in [-0.1, -0.05) is 36.4 Å². The van der Waals surface area contributed by atoms with E-state index in [4.69, 9.17) is 5.26 Å². The number of nitriles is 1. The number of hydrogen-bond acceptors (Lipinski definition) is 3. The van der Waals surface area contributed by atoms with Gasteiger partial charge >= 0.3 is 0 Å². The van der Waals surface area contributed by atoms with E-state index in [0.717, 1.165) is 23.0 Å². The van der Waals surface area contributed by atoms with Crippen LogP contribution in [0.2, 0.25) is 0 Å². The second-order valence-electron chi connectivity index (χ2n) is 3.50. The molecular weight excluding hydrogens is 244 g/mol. The van der Waals surface area contributed by atoms with E-state index in [1.165, 1.54) is 6.92 Å². The molecule has 1 aromatic rings. The molecular formula is C14H14N2OS. The van der Waals surface area contributed by atoms with E-state index < -0.39 is 0 Å². The summed E-state index contributed by atoms with van der Waals surface area (Å²) in [6.07, 6.45) is 1.66. The molecule has 0 saturated heterocycles. The Hall–Kier alpha value is -1.99. The summed E-state index contributed by atoms with van der Waals surface area (Å²) in [5.41, 5.74) is 1.62. The first-order valence-electron chi connectivity index (χ1n) is 5.40. The molecule has 1 rings (SSSR count). The van der Waals surface area contributed by atoms with E-state index in [0.29, 0.717) is 6.54 Å². The molecule has 0 aliphatic heterocycles. The fraction of sp³-hybridized carbons (Fsp3) is 0.143. The van der Waals surface area contributed by atoms with E-state index in [1.807, 2.05) is 35.7 Å². The molecule has 0 aliphatic rings. The normalized spacial score (nSPS) is 10.6. The van der Waals surface area contributed by atoms with Crippen molar-refractivity contribution in [3.05, 3.63) is 54.0 Å². The topological polar surface area (TPSA) is 44.1 Å². The molecule has 0 saturated carbocycles. The number of nitrogens with zero attached hydrogens (tertiary/aromatic N) is 2. The number of amides is 1. The molecule has 0 aliphatic carbocycles. The van der Waals surface area contributed by atoms with Gasteiger partial charge in [0.05, 0.1) is 5.70 Å². The highest BCUT2D eigenvalue weighted by atomic mass is 32.2. The minimum absolute atomic E-state index is 0.0801. The van der Waals surface area contributed by atoms with Gasteiger partial charge in [-0.15, -0.1) is 6.58 Å². The highest BCUT2D eigenvalue weighted by molar-refractivity contribution is 8.06. The van der Waals surface area contributed by atoms with Crippen LogP contribution in [0.1, 0.15) is 12.5 Å². The summed E-state index contributed by atoms with van der Waals surface area (Å²) in [7, 11) is 0. The minimum Gasteiger partial charge on any atom is -0.308 e. The highest BCUT2D eigenvalue weighted by Gasteiger charge is 2.14. The smallest absolute Gasteiger partial charge is 0.224 e. The van der Waals surface area contributed by atoms with Gasteiger partial charge < -0.3 is 4.90 Å². The number of rotatable bonds is 5. The van der Waals surface area contributed by atoms with E-state index in [-0.39, 0.29) is 5.91 Å². The maximum absolute atomic E-state index is 11.7. The first kappa shape index (κ1) is 14.1. The van der Waals surface area contributed by atoms with Gasteiger partial charge in [-0.05, 0) is 17.3 Å². The maximum Gasteiger partial charge on any atom is 0.224 e. The Kier molecular flexibility index (Phi) is 5.75. The van der Waals surface area contributed by atoms with Crippen LogP contribution in [0, 0.1) is 10.7 Å². The van der Waals surface area contributed by atoms with E-state index in [2.05, 4.69) is 6.58 Å². The molecule has 18 heavy (non-hydrogen) atoms. The first-order chi connectivity index (χ1) is 8.70. The fourth-order valence-electron chi connectivity index (χ4n) is 1.50. The zero-order chi connectivity index (χ0) is 13.4. The van der Waals surface area contributed by atoms with Crippen molar-refractivity contribution in [2.24, 2.45) is 0 Å². The molecule has 0 radical (unpaired) electrons. The lowest BCUT2D eigenvalue weighted by molar-refractivity contribution is -0.125. The number of carbonyl (C=O) groups is 1. The van der Waals surface area contributed by atoms with Crippen molar-refractivity contribution in [2.75, 3.05) is 6.54 Å². The lowest BCUT2D eigenvalue weighted by Gasteiger charge is -2.22. The molecule has 4 heteroatoms. The lowest BCUT2D eigenvalue weighted by atomic mass is 10.1. The third kappa shape index (κ3) is 3.79. The first-order valence-corrected chi connectivity index (χ1v) is 6.28. The Bertz CT molecular complexity index is 488. The van der Waals surface area contributed by atoms with Crippen LogP contribution in [0.4, 0.5) is 0 Å². The average molecular weight is 258 g/mol. The van der Waals surface area contributed by atoms with Crippen LogP contribution in [-0.4, -0.2) is 17.4 Å². The molecule has 92 valence electrons. The Labute approximate surface area is 111 Å².